The summed E-state index contributed by atoms with van der Waals surface area (Å²) in [5.41, 5.74) is -0.122. The van der Waals surface area contributed by atoms with Gasteiger partial charge in [-0.15, -0.1) is 0 Å². The number of methoxy groups -OCH3 is 1. The zero-order valence-corrected chi connectivity index (χ0v) is 16.3. The fourth-order valence-electron chi connectivity index (χ4n) is 2.66. The summed E-state index contributed by atoms with van der Waals surface area (Å²) in [6.07, 6.45) is 1.33. The quantitative estimate of drug-likeness (QED) is 0.391. The molecule has 0 unspecified atom stereocenters. The predicted octanol–water partition coefficient (Wildman–Crippen LogP) is 3.32. The van der Waals surface area contributed by atoms with Crippen molar-refractivity contribution in [2.75, 3.05) is 12.4 Å². The highest BCUT2D eigenvalue weighted by molar-refractivity contribution is 6.03. The van der Waals surface area contributed by atoms with E-state index in [1.807, 2.05) is 0 Å². The van der Waals surface area contributed by atoms with Crippen molar-refractivity contribution in [1.82, 2.24) is 9.78 Å². The monoisotopic (exact) mass is 426 g/mol. The van der Waals surface area contributed by atoms with Crippen LogP contribution >= 0.6 is 0 Å². The average Bonchev–Trinajstić information content (AvgIpc) is 3.22. The van der Waals surface area contributed by atoms with Crippen molar-refractivity contribution in [1.29, 1.82) is 0 Å². The third-order valence-electron chi connectivity index (χ3n) is 4.08. The summed E-state index contributed by atoms with van der Waals surface area (Å²) in [5, 5.41) is 26.6. The van der Waals surface area contributed by atoms with E-state index in [1.54, 1.807) is 24.3 Å². The van der Waals surface area contributed by atoms with E-state index in [-0.39, 0.29) is 35.8 Å². The molecule has 0 radical (unpaired) electrons. The zero-order chi connectivity index (χ0) is 22.4. The molecule has 2 aromatic carbocycles. The number of nitro benzene ring substituents is 1. The van der Waals surface area contributed by atoms with Gasteiger partial charge >= 0.3 is 5.97 Å². The van der Waals surface area contributed by atoms with Crippen LogP contribution in [-0.4, -0.2) is 38.8 Å². The van der Waals surface area contributed by atoms with Crippen molar-refractivity contribution in [2.24, 2.45) is 0 Å². The fourth-order valence-corrected chi connectivity index (χ4v) is 2.66. The number of aliphatic carboxylic acids is 1. The Morgan fingerprint density at radius 3 is 2.61 bits per heavy atom. The van der Waals surface area contributed by atoms with Crippen molar-refractivity contribution in [3.8, 4) is 17.2 Å². The van der Waals surface area contributed by atoms with E-state index in [9.17, 15) is 19.7 Å². The molecule has 0 bridgehead atoms. The summed E-state index contributed by atoms with van der Waals surface area (Å²) < 4.78 is 12.3. The number of anilines is 1. The maximum atomic E-state index is 12.5. The molecule has 0 saturated heterocycles. The van der Waals surface area contributed by atoms with Gasteiger partial charge < -0.3 is 19.9 Å². The molecule has 0 atom stereocenters. The number of rotatable bonds is 9. The number of ether oxygens (including phenoxy) is 2. The van der Waals surface area contributed by atoms with Gasteiger partial charge in [0, 0.05) is 18.3 Å². The third-order valence-corrected chi connectivity index (χ3v) is 4.08. The number of para-hydroxylation sites is 2. The SMILES string of the molecule is COc1ccccc1Oc1cc(NC(=O)c2ccn(CCC(=O)O)n2)cc([N+](=O)[O-])c1. The maximum Gasteiger partial charge on any atom is 0.305 e. The molecule has 0 aliphatic rings. The minimum absolute atomic E-state index is 0.0316. The standard InChI is InChI=1S/C20H18N4O7/c1-30-17-4-2-3-5-18(17)31-15-11-13(10-14(12-15)24(28)29)21-20(27)16-6-8-23(22-16)9-7-19(25)26/h2-6,8,10-12H,7,9H2,1H3,(H,21,27)(H,25,26). The lowest BCUT2D eigenvalue weighted by Gasteiger charge is -2.11. The molecule has 3 aromatic rings. The number of hydrogen-bond donors (Lipinski definition) is 2. The van der Waals surface area contributed by atoms with E-state index in [0.717, 1.165) is 0 Å². The van der Waals surface area contributed by atoms with E-state index in [2.05, 4.69) is 10.4 Å². The first-order chi connectivity index (χ1) is 14.9. The second-order valence-electron chi connectivity index (χ2n) is 6.29. The molecule has 0 aliphatic carbocycles. The first-order valence-corrected chi connectivity index (χ1v) is 9.02. The Morgan fingerprint density at radius 1 is 1.19 bits per heavy atom. The number of hydrogen-bond acceptors (Lipinski definition) is 7. The number of aryl methyl sites for hydroxylation is 1. The van der Waals surface area contributed by atoms with Crippen molar-refractivity contribution >= 4 is 23.3 Å². The molecule has 0 aliphatic heterocycles. The van der Waals surface area contributed by atoms with Crippen LogP contribution in [0.15, 0.2) is 54.7 Å². The van der Waals surface area contributed by atoms with Gasteiger partial charge in [-0.2, -0.15) is 5.10 Å². The van der Waals surface area contributed by atoms with E-state index >= 15 is 0 Å². The molecule has 2 N–H and O–H groups in total. The predicted molar refractivity (Wildman–Crippen MR) is 109 cm³/mol. The van der Waals surface area contributed by atoms with E-state index in [4.69, 9.17) is 14.6 Å². The van der Waals surface area contributed by atoms with Gasteiger partial charge in [0.05, 0.1) is 36.8 Å². The van der Waals surface area contributed by atoms with Crippen LogP contribution in [0.5, 0.6) is 17.2 Å². The van der Waals surface area contributed by atoms with Crippen LogP contribution in [0.25, 0.3) is 0 Å². The minimum atomic E-state index is -0.985. The second kappa shape index (κ2) is 9.39. The summed E-state index contributed by atoms with van der Waals surface area (Å²) in [4.78, 5) is 33.8. The number of aromatic nitrogens is 2. The molecule has 31 heavy (non-hydrogen) atoms. The lowest BCUT2D eigenvalue weighted by Crippen LogP contribution is -2.14. The average molecular weight is 426 g/mol. The molecular weight excluding hydrogens is 408 g/mol. The third kappa shape index (κ3) is 5.56. The molecule has 0 fully saturated rings. The van der Waals surface area contributed by atoms with Crippen LogP contribution in [0, 0.1) is 10.1 Å². The maximum absolute atomic E-state index is 12.5. The normalized spacial score (nSPS) is 10.4. The van der Waals surface area contributed by atoms with Crippen LogP contribution in [0.3, 0.4) is 0 Å². The van der Waals surface area contributed by atoms with Gasteiger partial charge in [0.2, 0.25) is 0 Å². The molecule has 0 saturated carbocycles. The Labute approximate surface area is 176 Å². The van der Waals surface area contributed by atoms with E-state index in [0.29, 0.717) is 11.5 Å². The number of carboxylic acid groups (broad SMARTS) is 1. The summed E-state index contributed by atoms with van der Waals surface area (Å²) in [6.45, 7) is 0.107. The number of carbonyl (C=O) groups is 2. The van der Waals surface area contributed by atoms with Gasteiger partial charge in [-0.1, -0.05) is 12.1 Å². The summed E-state index contributed by atoms with van der Waals surface area (Å²) in [6, 6.07) is 12.0. The van der Waals surface area contributed by atoms with Gasteiger partial charge in [0.1, 0.15) is 5.75 Å². The molecule has 160 valence electrons. The van der Waals surface area contributed by atoms with Crippen molar-refractivity contribution < 1.29 is 29.1 Å². The first-order valence-electron chi connectivity index (χ1n) is 9.02. The number of amides is 1. The number of non-ortho nitro benzene ring substituents is 1. The van der Waals surface area contributed by atoms with Gasteiger partial charge in [-0.3, -0.25) is 24.4 Å². The Hall–Kier alpha value is -4.41. The van der Waals surface area contributed by atoms with E-state index < -0.39 is 16.8 Å². The number of carbonyl (C=O) groups excluding carboxylic acids is 1. The summed E-state index contributed by atoms with van der Waals surface area (Å²) in [7, 11) is 1.47. The molecule has 1 aromatic heterocycles. The topological polar surface area (TPSA) is 146 Å². The minimum Gasteiger partial charge on any atom is -0.493 e. The number of benzene rings is 2. The lowest BCUT2D eigenvalue weighted by molar-refractivity contribution is -0.384. The number of nitrogens with one attached hydrogen (secondary N) is 1. The van der Waals surface area contributed by atoms with Crippen LogP contribution in [-0.2, 0) is 11.3 Å². The highest BCUT2D eigenvalue weighted by atomic mass is 16.6. The molecular formula is C20H18N4O7. The summed E-state index contributed by atoms with van der Waals surface area (Å²) >= 11 is 0. The Balaban J connectivity index is 1.81. The van der Waals surface area contributed by atoms with Gasteiger partial charge in [0.25, 0.3) is 11.6 Å². The van der Waals surface area contributed by atoms with Crippen molar-refractivity contribution in [3.05, 3.63) is 70.5 Å². The van der Waals surface area contributed by atoms with Crippen LogP contribution < -0.4 is 14.8 Å². The molecule has 11 nitrogen and oxygen atoms in total. The largest absolute Gasteiger partial charge is 0.493 e. The van der Waals surface area contributed by atoms with Crippen molar-refractivity contribution in [2.45, 2.75) is 13.0 Å². The van der Waals surface area contributed by atoms with Gasteiger partial charge in [-0.25, -0.2) is 0 Å². The van der Waals surface area contributed by atoms with Crippen molar-refractivity contribution in [3.63, 3.8) is 0 Å². The second-order valence-corrected chi connectivity index (χ2v) is 6.29. The highest BCUT2D eigenvalue weighted by Gasteiger charge is 2.16. The van der Waals surface area contributed by atoms with Gasteiger partial charge in [0.15, 0.2) is 17.2 Å². The summed E-state index contributed by atoms with van der Waals surface area (Å²) in [5.74, 6) is -0.689. The Morgan fingerprint density at radius 2 is 1.94 bits per heavy atom. The number of nitrogens with zero attached hydrogens (tertiary/aromatic N) is 3. The molecule has 1 amide bonds. The van der Waals surface area contributed by atoms with E-state index in [1.165, 1.54) is 42.3 Å². The molecule has 0 spiro atoms. The molecule has 3 rings (SSSR count). The molecule has 1 heterocycles. The molecule has 11 heteroatoms. The number of carboxylic acids is 1. The van der Waals surface area contributed by atoms with Gasteiger partial charge in [-0.05, 0) is 18.2 Å². The van der Waals surface area contributed by atoms with Crippen LogP contribution in [0.2, 0.25) is 0 Å². The Bertz CT molecular complexity index is 1130. The van der Waals surface area contributed by atoms with Crippen LogP contribution in [0.1, 0.15) is 16.9 Å². The first kappa shape index (κ1) is 21.3. The highest BCUT2D eigenvalue weighted by Crippen LogP contribution is 2.34. The number of nitro groups is 1. The smallest absolute Gasteiger partial charge is 0.305 e. The fraction of sp³-hybridized carbons (Fsp3) is 0.150. The Kier molecular flexibility index (Phi) is 6.45. The van der Waals surface area contributed by atoms with Crippen LogP contribution in [0.4, 0.5) is 11.4 Å². The lowest BCUT2D eigenvalue weighted by atomic mass is 10.2. The zero-order valence-electron chi connectivity index (χ0n) is 16.3.